The van der Waals surface area contributed by atoms with E-state index in [0.717, 1.165) is 36.2 Å². The van der Waals surface area contributed by atoms with Crippen molar-refractivity contribution >= 4 is 22.6 Å². The molecule has 27 heavy (non-hydrogen) atoms. The summed E-state index contributed by atoms with van der Waals surface area (Å²) in [5, 5.41) is 4.00. The fourth-order valence-corrected chi connectivity index (χ4v) is 3.69. The van der Waals surface area contributed by atoms with Gasteiger partial charge in [-0.15, -0.1) is 0 Å². The summed E-state index contributed by atoms with van der Waals surface area (Å²) < 4.78 is 0. The van der Waals surface area contributed by atoms with E-state index in [9.17, 15) is 4.79 Å². The van der Waals surface area contributed by atoms with Gasteiger partial charge in [0, 0.05) is 25.0 Å². The van der Waals surface area contributed by atoms with E-state index < -0.39 is 0 Å². The largest absolute Gasteiger partial charge is 0.357 e. The molecule has 1 aromatic heterocycles. The Bertz CT molecular complexity index is 917. The minimum Gasteiger partial charge on any atom is -0.357 e. The normalized spacial score (nSPS) is 14.3. The molecular formula is C23H25N3O. The maximum Gasteiger partial charge on any atom is 0.252 e. The first-order valence-corrected chi connectivity index (χ1v) is 9.78. The van der Waals surface area contributed by atoms with Crippen molar-refractivity contribution in [3.05, 3.63) is 71.8 Å². The first-order valence-electron chi connectivity index (χ1n) is 9.78. The number of para-hydroxylation sites is 1. The highest BCUT2D eigenvalue weighted by atomic mass is 16.1. The van der Waals surface area contributed by atoms with E-state index in [-0.39, 0.29) is 5.91 Å². The summed E-state index contributed by atoms with van der Waals surface area (Å²) in [6, 6.07) is 20.1. The summed E-state index contributed by atoms with van der Waals surface area (Å²) in [5.41, 5.74) is 2.83. The molecule has 1 aliphatic rings. The number of anilines is 1. The average molecular weight is 359 g/mol. The van der Waals surface area contributed by atoms with Gasteiger partial charge in [0.05, 0.1) is 11.1 Å². The summed E-state index contributed by atoms with van der Waals surface area (Å²) >= 11 is 0. The number of aromatic nitrogens is 1. The molecule has 0 spiro atoms. The van der Waals surface area contributed by atoms with Gasteiger partial charge >= 0.3 is 0 Å². The van der Waals surface area contributed by atoms with Crippen LogP contribution >= 0.6 is 0 Å². The highest BCUT2D eigenvalue weighted by Gasteiger charge is 2.17. The minimum atomic E-state index is -0.0252. The van der Waals surface area contributed by atoms with Gasteiger partial charge in [-0.05, 0) is 43.4 Å². The zero-order valence-corrected chi connectivity index (χ0v) is 15.5. The van der Waals surface area contributed by atoms with Gasteiger partial charge in [-0.3, -0.25) is 4.79 Å². The predicted octanol–water partition coefficient (Wildman–Crippen LogP) is 4.20. The molecule has 0 saturated carbocycles. The lowest BCUT2D eigenvalue weighted by molar-refractivity contribution is 0.0955. The monoisotopic (exact) mass is 359 g/mol. The van der Waals surface area contributed by atoms with E-state index in [2.05, 4.69) is 22.3 Å². The Hall–Kier alpha value is -2.88. The maximum absolute atomic E-state index is 12.9. The van der Waals surface area contributed by atoms with Crippen molar-refractivity contribution in [1.29, 1.82) is 0 Å². The van der Waals surface area contributed by atoms with E-state index in [1.165, 1.54) is 24.8 Å². The van der Waals surface area contributed by atoms with Crippen molar-refractivity contribution in [2.75, 3.05) is 24.5 Å². The molecule has 1 N–H and O–H groups in total. The van der Waals surface area contributed by atoms with Crippen LogP contribution in [0.4, 0.5) is 5.82 Å². The number of pyridine rings is 1. The van der Waals surface area contributed by atoms with Crippen LogP contribution in [0.2, 0.25) is 0 Å². The number of nitrogens with one attached hydrogen (secondary N) is 1. The van der Waals surface area contributed by atoms with Crippen molar-refractivity contribution in [1.82, 2.24) is 10.3 Å². The zero-order chi connectivity index (χ0) is 18.5. The fourth-order valence-electron chi connectivity index (χ4n) is 3.69. The summed E-state index contributed by atoms with van der Waals surface area (Å²) in [4.78, 5) is 20.0. The van der Waals surface area contributed by atoms with Crippen LogP contribution in [0, 0.1) is 0 Å². The van der Waals surface area contributed by atoms with Crippen LogP contribution in [-0.2, 0) is 6.42 Å². The molecule has 0 unspecified atom stereocenters. The number of amides is 1. The molecule has 4 nitrogen and oxygen atoms in total. The maximum atomic E-state index is 12.9. The number of hydrogen-bond acceptors (Lipinski definition) is 3. The Kier molecular flexibility index (Phi) is 5.33. The summed E-state index contributed by atoms with van der Waals surface area (Å²) in [5.74, 6) is 0.893. The van der Waals surface area contributed by atoms with Gasteiger partial charge in [0.25, 0.3) is 5.91 Å². The molecule has 4 rings (SSSR count). The Morgan fingerprint density at radius 1 is 0.963 bits per heavy atom. The molecular weight excluding hydrogens is 334 g/mol. The first kappa shape index (κ1) is 17.5. The number of nitrogens with zero attached hydrogens (tertiary/aromatic N) is 2. The van der Waals surface area contributed by atoms with Gasteiger partial charge in [0.2, 0.25) is 0 Å². The van der Waals surface area contributed by atoms with Crippen LogP contribution in [-0.4, -0.2) is 30.5 Å². The van der Waals surface area contributed by atoms with Gasteiger partial charge in [0.15, 0.2) is 0 Å². The number of rotatable bonds is 5. The number of fused-ring (bicyclic) bond motifs is 1. The number of carbonyl (C=O) groups excluding carboxylic acids is 1. The van der Waals surface area contributed by atoms with E-state index in [0.29, 0.717) is 12.1 Å². The van der Waals surface area contributed by atoms with Crippen molar-refractivity contribution in [3.8, 4) is 0 Å². The summed E-state index contributed by atoms with van der Waals surface area (Å²) in [7, 11) is 0. The second-order valence-electron chi connectivity index (χ2n) is 7.08. The van der Waals surface area contributed by atoms with Gasteiger partial charge in [-0.1, -0.05) is 48.5 Å². The third-order valence-corrected chi connectivity index (χ3v) is 5.17. The van der Waals surface area contributed by atoms with Crippen LogP contribution in [0.25, 0.3) is 10.9 Å². The van der Waals surface area contributed by atoms with Gasteiger partial charge in [0.1, 0.15) is 5.82 Å². The molecule has 1 saturated heterocycles. The number of benzene rings is 2. The zero-order valence-electron chi connectivity index (χ0n) is 15.5. The van der Waals surface area contributed by atoms with Crippen molar-refractivity contribution in [2.24, 2.45) is 0 Å². The number of hydrogen-bond donors (Lipinski definition) is 1. The smallest absolute Gasteiger partial charge is 0.252 e. The van der Waals surface area contributed by atoms with Crippen LogP contribution < -0.4 is 10.2 Å². The minimum absolute atomic E-state index is 0.0252. The number of piperidine rings is 1. The molecule has 4 heteroatoms. The summed E-state index contributed by atoms with van der Waals surface area (Å²) in [6.07, 6.45) is 4.48. The van der Waals surface area contributed by atoms with Crippen molar-refractivity contribution < 1.29 is 4.79 Å². The molecule has 2 heterocycles. The van der Waals surface area contributed by atoms with Crippen LogP contribution in [0.3, 0.4) is 0 Å². The lowest BCUT2D eigenvalue weighted by Crippen LogP contribution is -2.31. The second kappa shape index (κ2) is 8.21. The standard InChI is InChI=1S/C23H25N3O/c27-23(24-14-13-18-9-3-1-4-10-18)20-17-22(26-15-7-2-8-16-26)25-21-12-6-5-11-19(20)21/h1,3-6,9-12,17H,2,7-8,13-16H2,(H,24,27). The molecule has 3 aromatic rings. The molecule has 2 aromatic carbocycles. The van der Waals surface area contributed by atoms with Gasteiger partial charge in [-0.25, -0.2) is 4.98 Å². The lowest BCUT2D eigenvalue weighted by Gasteiger charge is -2.28. The molecule has 0 aliphatic carbocycles. The SMILES string of the molecule is O=C(NCCc1ccccc1)c1cc(N2CCCCC2)nc2ccccc12. The quantitative estimate of drug-likeness (QED) is 0.743. The second-order valence-corrected chi connectivity index (χ2v) is 7.08. The molecule has 1 fully saturated rings. The van der Waals surface area contributed by atoms with E-state index in [1.54, 1.807) is 0 Å². The lowest BCUT2D eigenvalue weighted by atomic mass is 10.1. The first-order chi connectivity index (χ1) is 13.3. The van der Waals surface area contributed by atoms with E-state index in [1.807, 2.05) is 48.5 Å². The molecule has 0 radical (unpaired) electrons. The Labute approximate surface area is 160 Å². The molecule has 1 amide bonds. The van der Waals surface area contributed by atoms with Crippen molar-refractivity contribution in [2.45, 2.75) is 25.7 Å². The van der Waals surface area contributed by atoms with E-state index >= 15 is 0 Å². The molecule has 0 bridgehead atoms. The topological polar surface area (TPSA) is 45.2 Å². The third-order valence-electron chi connectivity index (χ3n) is 5.17. The Balaban J connectivity index is 1.56. The van der Waals surface area contributed by atoms with Crippen LogP contribution in [0.5, 0.6) is 0 Å². The Morgan fingerprint density at radius 3 is 2.52 bits per heavy atom. The molecule has 1 aliphatic heterocycles. The van der Waals surface area contributed by atoms with Crippen LogP contribution in [0.15, 0.2) is 60.7 Å². The fraction of sp³-hybridized carbons (Fsp3) is 0.304. The Morgan fingerprint density at radius 2 is 1.70 bits per heavy atom. The highest BCUT2D eigenvalue weighted by Crippen LogP contribution is 2.25. The highest BCUT2D eigenvalue weighted by molar-refractivity contribution is 6.07. The molecule has 138 valence electrons. The van der Waals surface area contributed by atoms with Crippen LogP contribution in [0.1, 0.15) is 35.2 Å². The summed E-state index contributed by atoms with van der Waals surface area (Å²) in [6.45, 7) is 2.65. The third kappa shape index (κ3) is 4.11. The predicted molar refractivity (Wildman–Crippen MR) is 110 cm³/mol. The molecule has 0 atom stereocenters. The van der Waals surface area contributed by atoms with Crippen molar-refractivity contribution in [3.63, 3.8) is 0 Å². The van der Waals surface area contributed by atoms with E-state index in [4.69, 9.17) is 4.98 Å². The number of carbonyl (C=O) groups is 1. The van der Waals surface area contributed by atoms with Gasteiger partial charge < -0.3 is 10.2 Å². The van der Waals surface area contributed by atoms with Gasteiger partial charge in [-0.2, -0.15) is 0 Å². The average Bonchev–Trinajstić information content (AvgIpc) is 2.74.